The molecule has 1 heterocycles. The summed E-state index contributed by atoms with van der Waals surface area (Å²) in [6.45, 7) is 8.37. The third kappa shape index (κ3) is 5.29. The molecule has 1 aromatic heterocycles. The summed E-state index contributed by atoms with van der Waals surface area (Å²) in [7, 11) is 0. The highest BCUT2D eigenvalue weighted by Gasteiger charge is 2.11. The molecule has 0 N–H and O–H groups in total. The van der Waals surface area contributed by atoms with Crippen molar-refractivity contribution in [1.82, 2.24) is 9.97 Å². The van der Waals surface area contributed by atoms with Gasteiger partial charge >= 0.3 is 0 Å². The van der Waals surface area contributed by atoms with E-state index in [9.17, 15) is 0 Å². The Morgan fingerprint density at radius 1 is 1.17 bits per heavy atom. The van der Waals surface area contributed by atoms with Crippen LogP contribution in [0.1, 0.15) is 13.8 Å². The number of hydrogen-bond donors (Lipinski definition) is 0. The number of halogens is 1. The van der Waals surface area contributed by atoms with Crippen molar-refractivity contribution in [3.05, 3.63) is 17.0 Å². The Balaban J connectivity index is 2.60. The third-order valence-corrected chi connectivity index (χ3v) is 2.93. The average molecular weight is 318 g/mol. The van der Waals surface area contributed by atoms with Crippen LogP contribution in [0.4, 0.5) is 5.82 Å². The van der Waals surface area contributed by atoms with E-state index in [0.29, 0.717) is 13.2 Å². The Bertz CT molecular complexity index is 329. The van der Waals surface area contributed by atoms with E-state index in [1.54, 1.807) is 12.5 Å². The lowest BCUT2D eigenvalue weighted by molar-refractivity contribution is 0.141. The molecule has 0 unspecified atom stereocenters. The molecule has 5 nitrogen and oxygen atoms in total. The zero-order valence-corrected chi connectivity index (χ0v) is 12.5. The fourth-order valence-corrected chi connectivity index (χ4v) is 1.97. The van der Waals surface area contributed by atoms with Crippen LogP contribution in [0, 0.1) is 0 Å². The summed E-state index contributed by atoms with van der Waals surface area (Å²) in [5, 5.41) is 0. The normalized spacial score (nSPS) is 10.6. The Kier molecular flexibility index (Phi) is 7.88. The molecule has 0 saturated heterocycles. The fraction of sp³-hybridized carbons (Fsp3) is 0.667. The Labute approximate surface area is 117 Å². The van der Waals surface area contributed by atoms with E-state index in [1.807, 2.05) is 13.8 Å². The van der Waals surface area contributed by atoms with Gasteiger partial charge in [-0.15, -0.1) is 0 Å². The first-order chi connectivity index (χ1) is 8.79. The Hall–Kier alpha value is -0.720. The number of anilines is 1. The number of aromatic nitrogens is 2. The summed E-state index contributed by atoms with van der Waals surface area (Å²) in [6, 6.07) is 0. The maximum atomic E-state index is 5.39. The number of rotatable bonds is 9. The van der Waals surface area contributed by atoms with Crippen LogP contribution in [0.3, 0.4) is 0 Å². The molecule has 0 aromatic carbocycles. The third-order valence-electron chi connectivity index (χ3n) is 2.37. The molecule has 0 radical (unpaired) electrons. The second kappa shape index (κ2) is 9.24. The van der Waals surface area contributed by atoms with Gasteiger partial charge in [-0.05, 0) is 29.8 Å². The first kappa shape index (κ1) is 15.3. The molecule has 1 aromatic rings. The highest BCUT2D eigenvalue weighted by atomic mass is 79.9. The molecule has 102 valence electrons. The minimum absolute atomic E-state index is 0.680. The Morgan fingerprint density at radius 3 is 2.28 bits per heavy atom. The van der Waals surface area contributed by atoms with E-state index in [2.05, 4.69) is 30.8 Å². The second-order valence-corrected chi connectivity index (χ2v) is 4.43. The van der Waals surface area contributed by atoms with Gasteiger partial charge in [0, 0.05) is 32.5 Å². The van der Waals surface area contributed by atoms with Crippen molar-refractivity contribution in [1.29, 1.82) is 0 Å². The summed E-state index contributed by atoms with van der Waals surface area (Å²) in [5.41, 5.74) is 0. The molecule has 0 aliphatic rings. The lowest BCUT2D eigenvalue weighted by Crippen LogP contribution is -2.32. The van der Waals surface area contributed by atoms with Gasteiger partial charge in [0.15, 0.2) is 0 Å². The van der Waals surface area contributed by atoms with Crippen LogP contribution in [0.2, 0.25) is 0 Å². The van der Waals surface area contributed by atoms with Crippen LogP contribution >= 0.6 is 15.9 Å². The van der Waals surface area contributed by atoms with Crippen molar-refractivity contribution in [2.24, 2.45) is 0 Å². The summed E-state index contributed by atoms with van der Waals surface area (Å²) in [4.78, 5) is 10.4. The fourth-order valence-electron chi connectivity index (χ4n) is 1.50. The monoisotopic (exact) mass is 317 g/mol. The maximum Gasteiger partial charge on any atom is 0.146 e. The van der Waals surface area contributed by atoms with Gasteiger partial charge in [-0.1, -0.05) is 0 Å². The highest BCUT2D eigenvalue weighted by molar-refractivity contribution is 9.10. The van der Waals surface area contributed by atoms with Crippen molar-refractivity contribution >= 4 is 21.7 Å². The second-order valence-electron chi connectivity index (χ2n) is 3.58. The molecule has 0 spiro atoms. The van der Waals surface area contributed by atoms with E-state index < -0.39 is 0 Å². The van der Waals surface area contributed by atoms with Crippen LogP contribution in [0.15, 0.2) is 17.0 Å². The molecular weight excluding hydrogens is 298 g/mol. The smallest absolute Gasteiger partial charge is 0.146 e. The van der Waals surface area contributed by atoms with Gasteiger partial charge in [0.25, 0.3) is 0 Å². The molecule has 0 aliphatic heterocycles. The van der Waals surface area contributed by atoms with Crippen LogP contribution in [-0.4, -0.2) is 49.5 Å². The molecule has 0 amide bonds. The predicted molar refractivity (Wildman–Crippen MR) is 74.9 cm³/mol. The zero-order chi connectivity index (χ0) is 13.2. The number of ether oxygens (including phenoxy) is 2. The molecule has 6 heteroatoms. The minimum atomic E-state index is 0.680. The van der Waals surface area contributed by atoms with Crippen LogP contribution < -0.4 is 4.90 Å². The van der Waals surface area contributed by atoms with Gasteiger partial charge < -0.3 is 14.4 Å². The van der Waals surface area contributed by atoms with Crippen molar-refractivity contribution in [3.8, 4) is 0 Å². The van der Waals surface area contributed by atoms with Crippen LogP contribution in [0.5, 0.6) is 0 Å². The van der Waals surface area contributed by atoms with Crippen molar-refractivity contribution in [2.75, 3.05) is 44.4 Å². The SMILES string of the molecule is CCOCCN(CCOCC)c1ncncc1Br. The van der Waals surface area contributed by atoms with Crippen molar-refractivity contribution in [2.45, 2.75) is 13.8 Å². The molecular formula is C12H20BrN3O2. The molecule has 0 aliphatic carbocycles. The van der Waals surface area contributed by atoms with Gasteiger partial charge in [-0.3, -0.25) is 0 Å². The maximum absolute atomic E-state index is 5.39. The summed E-state index contributed by atoms with van der Waals surface area (Å²) in [5.74, 6) is 0.879. The molecule has 0 atom stereocenters. The largest absolute Gasteiger partial charge is 0.380 e. The van der Waals surface area contributed by atoms with Gasteiger partial charge in [0.2, 0.25) is 0 Å². The van der Waals surface area contributed by atoms with Crippen LogP contribution in [0.25, 0.3) is 0 Å². The zero-order valence-electron chi connectivity index (χ0n) is 10.9. The molecule has 0 bridgehead atoms. The van der Waals surface area contributed by atoms with Gasteiger partial charge in [0.1, 0.15) is 12.1 Å². The standard InChI is InChI=1S/C12H20BrN3O2/c1-3-17-7-5-16(6-8-18-4-2)12-11(13)9-14-10-15-12/h9-10H,3-8H2,1-2H3. The topological polar surface area (TPSA) is 47.5 Å². The molecule has 18 heavy (non-hydrogen) atoms. The van der Waals surface area contributed by atoms with E-state index in [-0.39, 0.29) is 0 Å². The van der Waals surface area contributed by atoms with E-state index in [4.69, 9.17) is 9.47 Å². The summed E-state index contributed by atoms with van der Waals surface area (Å²) < 4.78 is 11.7. The average Bonchev–Trinajstić information content (AvgIpc) is 2.38. The molecule has 0 fully saturated rings. The molecule has 1 rings (SSSR count). The predicted octanol–water partition coefficient (Wildman–Crippen LogP) is 2.12. The van der Waals surface area contributed by atoms with Crippen LogP contribution in [-0.2, 0) is 9.47 Å². The van der Waals surface area contributed by atoms with E-state index in [1.165, 1.54) is 0 Å². The quantitative estimate of drug-likeness (QED) is 0.653. The lowest BCUT2D eigenvalue weighted by atomic mass is 10.4. The first-order valence-corrected chi connectivity index (χ1v) is 6.94. The summed E-state index contributed by atoms with van der Waals surface area (Å²) >= 11 is 3.47. The summed E-state index contributed by atoms with van der Waals surface area (Å²) in [6.07, 6.45) is 3.30. The Morgan fingerprint density at radius 2 is 1.78 bits per heavy atom. The van der Waals surface area contributed by atoms with E-state index in [0.717, 1.165) is 36.6 Å². The van der Waals surface area contributed by atoms with Gasteiger partial charge in [-0.2, -0.15) is 0 Å². The molecule has 0 saturated carbocycles. The van der Waals surface area contributed by atoms with Gasteiger partial charge in [-0.25, -0.2) is 9.97 Å². The number of nitrogens with zero attached hydrogens (tertiary/aromatic N) is 3. The highest BCUT2D eigenvalue weighted by Crippen LogP contribution is 2.21. The van der Waals surface area contributed by atoms with Gasteiger partial charge in [0.05, 0.1) is 17.7 Å². The van der Waals surface area contributed by atoms with Crippen molar-refractivity contribution in [3.63, 3.8) is 0 Å². The first-order valence-electron chi connectivity index (χ1n) is 6.15. The lowest BCUT2D eigenvalue weighted by Gasteiger charge is -2.24. The number of hydrogen-bond acceptors (Lipinski definition) is 5. The minimum Gasteiger partial charge on any atom is -0.380 e. The van der Waals surface area contributed by atoms with E-state index >= 15 is 0 Å². The van der Waals surface area contributed by atoms with Crippen molar-refractivity contribution < 1.29 is 9.47 Å².